The molecule has 0 bridgehead atoms. The Hall–Kier alpha value is 0.830. The van der Waals surface area contributed by atoms with Crippen LogP contribution in [0, 0.1) is 11.8 Å². The molecule has 1 aliphatic carbocycles. The van der Waals surface area contributed by atoms with Gasteiger partial charge >= 0.3 is 0 Å². The molecule has 3 atom stereocenters. The van der Waals surface area contributed by atoms with Gasteiger partial charge < -0.3 is 0 Å². The summed E-state index contributed by atoms with van der Waals surface area (Å²) in [7, 11) is 0. The molecule has 1 aliphatic rings. The number of hydrogen-bond donors (Lipinski definition) is 0. The van der Waals surface area contributed by atoms with E-state index in [9.17, 15) is 0 Å². The molecule has 0 aromatic heterocycles. The van der Waals surface area contributed by atoms with Crippen LogP contribution in [0.15, 0.2) is 0 Å². The van der Waals surface area contributed by atoms with Crippen molar-refractivity contribution >= 4 is 27.7 Å². The zero-order chi connectivity index (χ0) is 11.1. The molecule has 3 unspecified atom stereocenters. The average Bonchev–Trinajstić information content (AvgIpc) is 2.26. The van der Waals surface area contributed by atoms with E-state index < -0.39 is 0 Å². The molecule has 0 nitrogen and oxygen atoms in total. The van der Waals surface area contributed by atoms with E-state index in [4.69, 9.17) is 0 Å². The Balaban J connectivity index is 2.19. The Morgan fingerprint density at radius 2 is 2.07 bits per heavy atom. The van der Waals surface area contributed by atoms with Gasteiger partial charge in [0.15, 0.2) is 0 Å². The molecule has 0 saturated heterocycles. The van der Waals surface area contributed by atoms with Gasteiger partial charge in [-0.2, -0.15) is 11.8 Å². The summed E-state index contributed by atoms with van der Waals surface area (Å²) < 4.78 is 0. The Morgan fingerprint density at radius 3 is 2.73 bits per heavy atom. The molecule has 0 aromatic rings. The lowest BCUT2D eigenvalue weighted by Gasteiger charge is -2.32. The Morgan fingerprint density at radius 1 is 1.27 bits per heavy atom. The second-order valence-electron chi connectivity index (χ2n) is 4.70. The maximum Gasteiger partial charge on any atom is 0.0174 e. The van der Waals surface area contributed by atoms with E-state index >= 15 is 0 Å². The summed E-state index contributed by atoms with van der Waals surface area (Å²) in [6.45, 7) is 4.61. The first-order chi connectivity index (χ1) is 7.27. The molecular weight excluding hydrogens is 268 g/mol. The van der Waals surface area contributed by atoms with Gasteiger partial charge in [-0.3, -0.25) is 0 Å². The molecule has 0 aromatic carbocycles. The minimum atomic E-state index is 0.812. The molecule has 0 aliphatic heterocycles. The van der Waals surface area contributed by atoms with Gasteiger partial charge in [-0.05, 0) is 55.4 Å². The maximum absolute atomic E-state index is 3.87. The predicted molar refractivity (Wildman–Crippen MR) is 76.1 cm³/mol. The van der Waals surface area contributed by atoms with Crippen LogP contribution >= 0.6 is 27.7 Å². The van der Waals surface area contributed by atoms with Crippen LogP contribution in [0.5, 0.6) is 0 Å². The van der Waals surface area contributed by atoms with Crippen LogP contribution < -0.4 is 0 Å². The highest BCUT2D eigenvalue weighted by atomic mass is 79.9. The first-order valence-corrected chi connectivity index (χ1v) is 8.56. The van der Waals surface area contributed by atoms with E-state index in [0.29, 0.717) is 0 Å². The lowest BCUT2D eigenvalue weighted by molar-refractivity contribution is 0.260. The van der Waals surface area contributed by atoms with Crippen LogP contribution in [0.3, 0.4) is 0 Å². The van der Waals surface area contributed by atoms with Crippen LogP contribution in [0.1, 0.15) is 52.4 Å². The van der Waals surface area contributed by atoms with Crippen molar-refractivity contribution in [2.24, 2.45) is 11.8 Å². The minimum Gasteiger partial charge on any atom is -0.162 e. The molecule has 0 amide bonds. The van der Waals surface area contributed by atoms with Crippen molar-refractivity contribution in [3.8, 4) is 0 Å². The number of halogens is 1. The van der Waals surface area contributed by atoms with Crippen molar-refractivity contribution in [2.45, 2.75) is 57.2 Å². The van der Waals surface area contributed by atoms with Crippen molar-refractivity contribution in [3.05, 3.63) is 0 Å². The highest BCUT2D eigenvalue weighted by Crippen LogP contribution is 2.37. The summed E-state index contributed by atoms with van der Waals surface area (Å²) in [5.74, 6) is 4.62. The average molecular weight is 293 g/mol. The Bertz CT molecular complexity index is 161. The van der Waals surface area contributed by atoms with E-state index in [0.717, 1.165) is 16.7 Å². The predicted octanol–water partition coefficient (Wildman–Crippen LogP) is 5.11. The van der Waals surface area contributed by atoms with Gasteiger partial charge in [-0.15, -0.1) is 0 Å². The standard InChI is InChI=1S/C13H25BrS/c1-3-11-7-8-13(14)12(10-11)6-5-9-15-4-2/h11-13H,3-10H2,1-2H3. The number of rotatable bonds is 6. The number of thioether (sulfide) groups is 1. The normalized spacial score (nSPS) is 31.8. The van der Waals surface area contributed by atoms with Crippen LogP contribution in [0.2, 0.25) is 0 Å². The van der Waals surface area contributed by atoms with Crippen LogP contribution in [0.25, 0.3) is 0 Å². The monoisotopic (exact) mass is 292 g/mol. The van der Waals surface area contributed by atoms with Gasteiger partial charge in [0.1, 0.15) is 0 Å². The van der Waals surface area contributed by atoms with Crippen molar-refractivity contribution < 1.29 is 0 Å². The fourth-order valence-corrected chi connectivity index (χ4v) is 3.99. The molecule has 2 heteroatoms. The van der Waals surface area contributed by atoms with Gasteiger partial charge in [0.25, 0.3) is 0 Å². The number of alkyl halides is 1. The van der Waals surface area contributed by atoms with Crippen LogP contribution in [0.4, 0.5) is 0 Å². The fraction of sp³-hybridized carbons (Fsp3) is 1.00. The van der Waals surface area contributed by atoms with Gasteiger partial charge in [0.05, 0.1) is 0 Å². The second kappa shape index (κ2) is 8.00. The third-order valence-corrected chi connectivity index (χ3v) is 5.83. The summed E-state index contributed by atoms with van der Waals surface area (Å²) in [6, 6.07) is 0. The fourth-order valence-electron chi connectivity index (χ4n) is 2.59. The van der Waals surface area contributed by atoms with E-state index in [-0.39, 0.29) is 0 Å². The highest BCUT2D eigenvalue weighted by molar-refractivity contribution is 9.09. The van der Waals surface area contributed by atoms with Crippen molar-refractivity contribution in [2.75, 3.05) is 11.5 Å². The van der Waals surface area contributed by atoms with E-state index in [1.54, 1.807) is 0 Å². The van der Waals surface area contributed by atoms with E-state index in [2.05, 4.69) is 41.5 Å². The summed E-state index contributed by atoms with van der Waals surface area (Å²) >= 11 is 5.96. The maximum atomic E-state index is 3.87. The summed E-state index contributed by atoms with van der Waals surface area (Å²) in [5.41, 5.74) is 0. The van der Waals surface area contributed by atoms with Crippen molar-refractivity contribution in [3.63, 3.8) is 0 Å². The van der Waals surface area contributed by atoms with Gasteiger partial charge in [-0.1, -0.05) is 36.2 Å². The Kier molecular flexibility index (Phi) is 7.41. The van der Waals surface area contributed by atoms with E-state index in [1.165, 1.54) is 50.0 Å². The molecular formula is C13H25BrS. The molecule has 0 heterocycles. The molecule has 0 radical (unpaired) electrons. The molecule has 1 saturated carbocycles. The quantitative estimate of drug-likeness (QED) is 0.484. The molecule has 90 valence electrons. The smallest absolute Gasteiger partial charge is 0.0174 e. The summed E-state index contributed by atoms with van der Waals surface area (Å²) in [4.78, 5) is 0.812. The Labute approximate surface area is 108 Å². The largest absolute Gasteiger partial charge is 0.162 e. The topological polar surface area (TPSA) is 0 Å². The zero-order valence-corrected chi connectivity index (χ0v) is 12.6. The molecule has 1 rings (SSSR count). The lowest BCUT2D eigenvalue weighted by atomic mass is 9.78. The van der Waals surface area contributed by atoms with Gasteiger partial charge in [-0.25, -0.2) is 0 Å². The van der Waals surface area contributed by atoms with Gasteiger partial charge in [0.2, 0.25) is 0 Å². The first-order valence-electron chi connectivity index (χ1n) is 6.49. The third-order valence-electron chi connectivity index (χ3n) is 3.64. The lowest BCUT2D eigenvalue weighted by Crippen LogP contribution is -2.24. The first kappa shape index (κ1) is 13.9. The van der Waals surface area contributed by atoms with Crippen molar-refractivity contribution in [1.29, 1.82) is 0 Å². The second-order valence-corrected chi connectivity index (χ2v) is 7.27. The summed E-state index contributed by atoms with van der Waals surface area (Å²) in [6.07, 6.45) is 8.58. The molecule has 15 heavy (non-hydrogen) atoms. The van der Waals surface area contributed by atoms with Crippen LogP contribution in [-0.4, -0.2) is 16.3 Å². The third kappa shape index (κ3) is 5.12. The van der Waals surface area contributed by atoms with Crippen molar-refractivity contribution in [1.82, 2.24) is 0 Å². The van der Waals surface area contributed by atoms with E-state index in [1.807, 2.05) is 0 Å². The number of hydrogen-bond acceptors (Lipinski definition) is 1. The molecule has 0 N–H and O–H groups in total. The summed E-state index contributed by atoms with van der Waals surface area (Å²) in [5, 5.41) is 0. The molecule has 1 fully saturated rings. The molecule has 0 spiro atoms. The van der Waals surface area contributed by atoms with Gasteiger partial charge in [0, 0.05) is 4.83 Å². The zero-order valence-electron chi connectivity index (χ0n) is 10.2. The SMILES string of the molecule is CCSCCCC1CC(CC)CCC1Br. The minimum absolute atomic E-state index is 0.812. The highest BCUT2D eigenvalue weighted by Gasteiger charge is 2.27. The van der Waals surface area contributed by atoms with Crippen LogP contribution in [-0.2, 0) is 0 Å².